The van der Waals surface area contributed by atoms with Gasteiger partial charge in [0.15, 0.2) is 0 Å². The molecule has 1 saturated heterocycles. The van der Waals surface area contributed by atoms with Crippen molar-refractivity contribution in [3.05, 3.63) is 64.7 Å². The molecule has 0 aliphatic carbocycles. The Balaban J connectivity index is 1.55. The highest BCUT2D eigenvalue weighted by Gasteiger charge is 2.22. The average Bonchev–Trinajstić information content (AvgIpc) is 2.66. The van der Waals surface area contributed by atoms with E-state index in [0.29, 0.717) is 31.3 Å². The lowest BCUT2D eigenvalue weighted by Crippen LogP contribution is -2.39. The maximum Gasteiger partial charge on any atom is 0.304 e. The summed E-state index contributed by atoms with van der Waals surface area (Å²) in [5.74, 6) is 0.000255. The maximum atomic E-state index is 10.7. The molecule has 0 radical (unpaired) electrons. The number of carboxylic acid groups (broad SMARTS) is 1. The molecule has 0 bridgehead atoms. The van der Waals surface area contributed by atoms with Gasteiger partial charge in [0.1, 0.15) is 12.4 Å². The second kappa shape index (κ2) is 9.03. The summed E-state index contributed by atoms with van der Waals surface area (Å²) in [6.07, 6.45) is 0.108. The van der Waals surface area contributed by atoms with Gasteiger partial charge in [-0.15, -0.1) is 0 Å². The summed E-state index contributed by atoms with van der Waals surface area (Å²) in [4.78, 5) is 12.9. The zero-order valence-corrected chi connectivity index (χ0v) is 15.2. The van der Waals surface area contributed by atoms with Gasteiger partial charge < -0.3 is 14.6 Å². The zero-order chi connectivity index (χ0) is 18.4. The third-order valence-corrected chi connectivity index (χ3v) is 4.77. The lowest BCUT2D eigenvalue weighted by atomic mass is 10.1. The molecule has 1 atom stereocenters. The van der Waals surface area contributed by atoms with Crippen LogP contribution in [0.1, 0.15) is 23.7 Å². The Morgan fingerprint density at radius 1 is 1.23 bits per heavy atom. The van der Waals surface area contributed by atoms with Crippen LogP contribution in [0.2, 0.25) is 5.02 Å². The number of ether oxygens (including phenoxy) is 2. The van der Waals surface area contributed by atoms with E-state index < -0.39 is 5.97 Å². The summed E-state index contributed by atoms with van der Waals surface area (Å²) < 4.78 is 11.6. The molecule has 1 N–H and O–H groups in total. The molecule has 1 heterocycles. The molecule has 6 heteroatoms. The number of morpholine rings is 1. The minimum atomic E-state index is -0.770. The molecule has 0 saturated carbocycles. The molecule has 1 fully saturated rings. The Labute approximate surface area is 158 Å². The first kappa shape index (κ1) is 18.7. The maximum absolute atomic E-state index is 10.7. The molecular formula is C20H22ClNO4. The van der Waals surface area contributed by atoms with Crippen molar-refractivity contribution in [2.45, 2.75) is 19.1 Å². The number of carboxylic acids is 1. The SMILES string of the molecule is O=C(O)CCN1CCOC(c2ccc(OCc3ccccc3Cl)cc2)C1. The quantitative estimate of drug-likeness (QED) is 0.798. The summed E-state index contributed by atoms with van der Waals surface area (Å²) in [5, 5.41) is 9.52. The third-order valence-electron chi connectivity index (χ3n) is 4.40. The fraction of sp³-hybridized carbons (Fsp3) is 0.350. The van der Waals surface area contributed by atoms with Crippen LogP contribution in [0.4, 0.5) is 0 Å². The molecule has 2 aromatic rings. The number of hydrogen-bond acceptors (Lipinski definition) is 4. The Hall–Kier alpha value is -2.08. The van der Waals surface area contributed by atoms with Gasteiger partial charge in [-0.3, -0.25) is 9.69 Å². The largest absolute Gasteiger partial charge is 0.489 e. The first-order valence-corrected chi connectivity index (χ1v) is 9.01. The molecule has 1 aliphatic heterocycles. The van der Waals surface area contributed by atoms with Gasteiger partial charge in [-0.05, 0) is 23.8 Å². The minimum absolute atomic E-state index is 0.0461. The van der Waals surface area contributed by atoms with Crippen LogP contribution >= 0.6 is 11.6 Å². The van der Waals surface area contributed by atoms with Crippen molar-refractivity contribution in [1.29, 1.82) is 0 Å². The first-order chi connectivity index (χ1) is 12.6. The Bertz CT molecular complexity index is 735. The molecule has 5 nitrogen and oxygen atoms in total. The van der Waals surface area contributed by atoms with E-state index in [0.717, 1.165) is 23.4 Å². The zero-order valence-electron chi connectivity index (χ0n) is 14.4. The van der Waals surface area contributed by atoms with Crippen LogP contribution in [-0.4, -0.2) is 42.2 Å². The van der Waals surface area contributed by atoms with Crippen LogP contribution < -0.4 is 4.74 Å². The van der Waals surface area contributed by atoms with E-state index in [9.17, 15) is 4.79 Å². The van der Waals surface area contributed by atoms with Gasteiger partial charge in [0, 0.05) is 30.2 Å². The number of hydrogen-bond donors (Lipinski definition) is 1. The Morgan fingerprint density at radius 3 is 2.73 bits per heavy atom. The number of halogens is 1. The molecule has 26 heavy (non-hydrogen) atoms. The number of benzene rings is 2. The van der Waals surface area contributed by atoms with Crippen molar-refractivity contribution < 1.29 is 19.4 Å². The Morgan fingerprint density at radius 2 is 2.00 bits per heavy atom. The highest BCUT2D eigenvalue weighted by molar-refractivity contribution is 6.31. The molecule has 1 aliphatic rings. The normalized spacial score (nSPS) is 17.8. The number of aliphatic carboxylic acids is 1. The summed E-state index contributed by atoms with van der Waals surface area (Å²) in [6.45, 7) is 3.04. The van der Waals surface area contributed by atoms with Gasteiger partial charge in [-0.2, -0.15) is 0 Å². The summed E-state index contributed by atoms with van der Waals surface area (Å²) in [5.41, 5.74) is 2.01. The van der Waals surface area contributed by atoms with Crippen molar-refractivity contribution in [3.8, 4) is 5.75 Å². The van der Waals surface area contributed by atoms with E-state index in [1.54, 1.807) is 0 Å². The lowest BCUT2D eigenvalue weighted by Gasteiger charge is -2.32. The number of carbonyl (C=O) groups is 1. The molecule has 0 spiro atoms. The van der Waals surface area contributed by atoms with E-state index in [2.05, 4.69) is 4.90 Å². The van der Waals surface area contributed by atoms with Crippen LogP contribution in [0, 0.1) is 0 Å². The second-order valence-corrected chi connectivity index (χ2v) is 6.66. The van der Waals surface area contributed by atoms with Crippen molar-refractivity contribution >= 4 is 17.6 Å². The summed E-state index contributed by atoms with van der Waals surface area (Å²) in [6, 6.07) is 15.4. The van der Waals surface area contributed by atoms with Crippen LogP contribution in [0.3, 0.4) is 0 Å². The van der Waals surface area contributed by atoms with Gasteiger partial charge >= 0.3 is 5.97 Å². The van der Waals surface area contributed by atoms with Gasteiger partial charge in [-0.25, -0.2) is 0 Å². The summed E-state index contributed by atoms with van der Waals surface area (Å²) in [7, 11) is 0. The third kappa shape index (κ3) is 5.21. The van der Waals surface area contributed by atoms with Crippen molar-refractivity contribution in [2.75, 3.05) is 26.2 Å². The van der Waals surface area contributed by atoms with Gasteiger partial charge in [0.2, 0.25) is 0 Å². The second-order valence-electron chi connectivity index (χ2n) is 6.25. The predicted octanol–water partition coefficient (Wildman–Crippen LogP) is 3.77. The van der Waals surface area contributed by atoms with Crippen LogP contribution in [0.25, 0.3) is 0 Å². The smallest absolute Gasteiger partial charge is 0.304 e. The van der Waals surface area contributed by atoms with Crippen molar-refractivity contribution in [1.82, 2.24) is 4.90 Å². The molecule has 2 aromatic carbocycles. The first-order valence-electron chi connectivity index (χ1n) is 8.64. The fourth-order valence-corrected chi connectivity index (χ4v) is 3.11. The predicted molar refractivity (Wildman–Crippen MR) is 99.6 cm³/mol. The van der Waals surface area contributed by atoms with E-state index in [1.807, 2.05) is 48.5 Å². The van der Waals surface area contributed by atoms with E-state index >= 15 is 0 Å². The molecule has 138 valence electrons. The lowest BCUT2D eigenvalue weighted by molar-refractivity contribution is -0.137. The monoisotopic (exact) mass is 375 g/mol. The van der Waals surface area contributed by atoms with Crippen molar-refractivity contribution in [3.63, 3.8) is 0 Å². The molecule has 3 rings (SSSR count). The number of rotatable bonds is 7. The minimum Gasteiger partial charge on any atom is -0.489 e. The fourth-order valence-electron chi connectivity index (χ4n) is 2.92. The van der Waals surface area contributed by atoms with E-state index in [-0.39, 0.29) is 12.5 Å². The van der Waals surface area contributed by atoms with Crippen LogP contribution in [0.5, 0.6) is 5.75 Å². The van der Waals surface area contributed by atoms with Crippen LogP contribution in [0.15, 0.2) is 48.5 Å². The van der Waals surface area contributed by atoms with Gasteiger partial charge in [0.25, 0.3) is 0 Å². The van der Waals surface area contributed by atoms with E-state index in [4.69, 9.17) is 26.2 Å². The molecule has 0 aromatic heterocycles. The molecule has 1 unspecified atom stereocenters. The van der Waals surface area contributed by atoms with Crippen molar-refractivity contribution in [2.24, 2.45) is 0 Å². The van der Waals surface area contributed by atoms with E-state index in [1.165, 1.54) is 0 Å². The Kier molecular flexibility index (Phi) is 6.50. The van der Waals surface area contributed by atoms with Gasteiger partial charge in [-0.1, -0.05) is 41.9 Å². The molecular weight excluding hydrogens is 354 g/mol. The van der Waals surface area contributed by atoms with Gasteiger partial charge in [0.05, 0.1) is 19.1 Å². The average molecular weight is 376 g/mol. The highest BCUT2D eigenvalue weighted by Crippen LogP contribution is 2.25. The topological polar surface area (TPSA) is 59.0 Å². The number of nitrogens with zero attached hydrogens (tertiary/aromatic N) is 1. The highest BCUT2D eigenvalue weighted by atomic mass is 35.5. The van der Waals surface area contributed by atoms with Crippen LogP contribution in [-0.2, 0) is 16.1 Å². The summed E-state index contributed by atoms with van der Waals surface area (Å²) >= 11 is 6.14. The molecule has 0 amide bonds. The standard InChI is InChI=1S/C20H22ClNO4/c21-18-4-2-1-3-16(18)14-26-17-7-5-15(6-8-17)19-13-22(11-12-25-19)10-9-20(23)24/h1-8,19H,9-14H2,(H,23,24).